The predicted octanol–water partition coefficient (Wildman–Crippen LogP) is 19.9. The third-order valence-corrected chi connectivity index (χ3v) is 11.9. The summed E-state index contributed by atoms with van der Waals surface area (Å²) in [5.41, 5.74) is 0. The van der Waals surface area contributed by atoms with Gasteiger partial charge in [-0.25, -0.2) is 0 Å². The van der Waals surface area contributed by atoms with E-state index in [0.29, 0.717) is 0 Å². The highest BCUT2D eigenvalue weighted by Crippen LogP contribution is 2.25. The van der Waals surface area contributed by atoms with E-state index in [4.69, 9.17) is 0 Å². The summed E-state index contributed by atoms with van der Waals surface area (Å²) in [4.78, 5) is 0. The average molecular weight is 802 g/mol. The maximum atomic E-state index is 3.63. The lowest BCUT2D eigenvalue weighted by atomic mass is 9.89. The molecular formula is C52H97Br. The molecule has 1 atom stereocenters. The van der Waals surface area contributed by atoms with E-state index >= 15 is 0 Å². The molecular weight excluding hydrogens is 704 g/mol. The third kappa shape index (κ3) is 47.5. The van der Waals surface area contributed by atoms with Gasteiger partial charge in [0.2, 0.25) is 0 Å². The highest BCUT2D eigenvalue weighted by Gasteiger charge is 2.09. The van der Waals surface area contributed by atoms with E-state index in [2.05, 4.69) is 78.4 Å². The number of alkyl halides is 1. The number of halogens is 1. The van der Waals surface area contributed by atoms with Crippen LogP contribution < -0.4 is 0 Å². The van der Waals surface area contributed by atoms with Gasteiger partial charge in [0.05, 0.1) is 0 Å². The van der Waals surface area contributed by atoms with Gasteiger partial charge >= 0.3 is 0 Å². The highest BCUT2D eigenvalue weighted by atomic mass is 79.9. The molecule has 0 heterocycles. The second kappa shape index (κ2) is 49.5. The summed E-state index contributed by atoms with van der Waals surface area (Å²) in [5, 5.41) is 1.18. The normalized spacial score (nSPS) is 12.9. The first-order chi connectivity index (χ1) is 26.3. The van der Waals surface area contributed by atoms with Crippen molar-refractivity contribution in [1.82, 2.24) is 0 Å². The van der Waals surface area contributed by atoms with E-state index in [9.17, 15) is 0 Å². The summed E-state index contributed by atoms with van der Waals surface area (Å²) in [6.07, 6.45) is 75.2. The fourth-order valence-corrected chi connectivity index (χ4v) is 8.14. The molecule has 0 aliphatic carbocycles. The summed E-state index contributed by atoms with van der Waals surface area (Å²) < 4.78 is 0. The molecule has 0 nitrogen and oxygen atoms in total. The molecule has 0 aliphatic heterocycles. The van der Waals surface area contributed by atoms with Gasteiger partial charge < -0.3 is 0 Å². The Morgan fingerprint density at radius 1 is 0.283 bits per heavy atom. The molecule has 0 saturated heterocycles. The van der Waals surface area contributed by atoms with Crippen molar-refractivity contribution in [2.75, 3.05) is 5.33 Å². The van der Waals surface area contributed by atoms with E-state index < -0.39 is 0 Å². The van der Waals surface area contributed by atoms with Crippen LogP contribution in [0.25, 0.3) is 0 Å². The molecule has 0 fully saturated rings. The minimum atomic E-state index is 0.990. The Hall–Kier alpha value is -0.560. The van der Waals surface area contributed by atoms with Crippen LogP contribution in [-0.4, -0.2) is 5.33 Å². The van der Waals surface area contributed by atoms with Crippen LogP contribution >= 0.6 is 15.9 Å². The second-order valence-corrected chi connectivity index (χ2v) is 17.5. The van der Waals surface area contributed by atoms with Gasteiger partial charge in [-0.3, -0.25) is 0 Å². The maximum Gasteiger partial charge on any atom is 0.00313 e. The molecule has 0 bridgehead atoms. The van der Waals surface area contributed by atoms with Gasteiger partial charge in [0.15, 0.2) is 0 Å². The molecule has 53 heavy (non-hydrogen) atoms. The van der Waals surface area contributed by atoms with Crippen molar-refractivity contribution in [2.45, 2.75) is 271 Å². The lowest BCUT2D eigenvalue weighted by molar-refractivity contribution is 0.368. The first-order valence-corrected chi connectivity index (χ1v) is 25.6. The van der Waals surface area contributed by atoms with Crippen molar-refractivity contribution in [1.29, 1.82) is 0 Å². The first-order valence-electron chi connectivity index (χ1n) is 24.5. The van der Waals surface area contributed by atoms with Gasteiger partial charge in [-0.05, 0) is 76.5 Å². The average Bonchev–Trinajstić information content (AvgIpc) is 3.17. The van der Waals surface area contributed by atoms with Gasteiger partial charge in [-0.1, -0.05) is 265 Å². The van der Waals surface area contributed by atoms with Crippen LogP contribution in [0, 0.1) is 5.92 Å². The zero-order chi connectivity index (χ0) is 38.2. The second-order valence-electron chi connectivity index (χ2n) is 16.7. The minimum absolute atomic E-state index is 0.990. The summed E-state index contributed by atoms with van der Waals surface area (Å²) in [6.45, 7) is 4.58. The molecule has 0 aromatic carbocycles. The van der Waals surface area contributed by atoms with Crippen molar-refractivity contribution >= 4 is 15.9 Å². The van der Waals surface area contributed by atoms with E-state index in [-0.39, 0.29) is 0 Å². The van der Waals surface area contributed by atoms with Gasteiger partial charge in [-0.15, -0.1) is 0 Å². The van der Waals surface area contributed by atoms with Crippen molar-refractivity contribution in [3.8, 4) is 0 Å². The van der Waals surface area contributed by atoms with Gasteiger partial charge in [0.25, 0.3) is 0 Å². The van der Waals surface area contributed by atoms with E-state index in [1.54, 1.807) is 0 Å². The molecule has 0 rings (SSSR count). The van der Waals surface area contributed by atoms with Crippen LogP contribution in [0.15, 0.2) is 48.6 Å². The third-order valence-electron chi connectivity index (χ3n) is 11.4. The van der Waals surface area contributed by atoms with Crippen LogP contribution in [0.3, 0.4) is 0 Å². The summed E-state index contributed by atoms with van der Waals surface area (Å²) in [6, 6.07) is 0. The van der Waals surface area contributed by atoms with Crippen LogP contribution in [0.1, 0.15) is 271 Å². The van der Waals surface area contributed by atoms with Crippen LogP contribution in [0.5, 0.6) is 0 Å². The summed E-state index contributed by atoms with van der Waals surface area (Å²) in [5.74, 6) is 0.990. The van der Waals surface area contributed by atoms with Crippen molar-refractivity contribution in [3.05, 3.63) is 48.6 Å². The lowest BCUT2D eigenvalue weighted by Gasteiger charge is -2.17. The summed E-state index contributed by atoms with van der Waals surface area (Å²) >= 11 is 3.63. The number of hydrogen-bond acceptors (Lipinski definition) is 0. The van der Waals surface area contributed by atoms with Crippen LogP contribution in [0.2, 0.25) is 0 Å². The van der Waals surface area contributed by atoms with Gasteiger partial charge in [0.1, 0.15) is 0 Å². The largest absolute Gasteiger partial charge is 0.0928 e. The van der Waals surface area contributed by atoms with E-state index in [1.165, 1.54) is 249 Å². The number of unbranched alkanes of at least 4 members (excludes halogenated alkanes) is 30. The first kappa shape index (κ1) is 52.4. The fourth-order valence-electron chi connectivity index (χ4n) is 7.75. The Bertz CT molecular complexity index is 759. The molecule has 312 valence electrons. The summed E-state index contributed by atoms with van der Waals surface area (Å²) in [7, 11) is 0. The molecule has 0 saturated carbocycles. The predicted molar refractivity (Wildman–Crippen MR) is 250 cm³/mol. The standard InChI is InChI=1S/C52H97Br/c1-3-5-7-9-11-13-15-17-19-21-22-23-24-25-26-27-28-29-30-32-34-36-38-40-42-45-49-52(50-46-43-47-51-53)48-44-41-39-37-35-33-31-20-18-16-14-12-10-8-6-4-2/h12,14,18,20,26-27,29-30,52H,3-11,13,15-17,19,21-25,28,31-51H2,1-2H3/b14-12-,20-18-,27-26-,30-29-. The van der Waals surface area contributed by atoms with Crippen LogP contribution in [0.4, 0.5) is 0 Å². The Balaban J connectivity index is 3.66. The fraction of sp³-hybridized carbons (Fsp3) is 0.846. The molecule has 0 N–H and O–H groups in total. The van der Waals surface area contributed by atoms with E-state index in [1.807, 2.05) is 0 Å². The van der Waals surface area contributed by atoms with E-state index in [0.717, 1.165) is 18.8 Å². The zero-order valence-corrected chi connectivity index (χ0v) is 38.2. The topological polar surface area (TPSA) is 0 Å². The smallest absolute Gasteiger partial charge is 0.00313 e. The van der Waals surface area contributed by atoms with Gasteiger partial charge in [-0.2, -0.15) is 0 Å². The quantitative estimate of drug-likeness (QED) is 0.0327. The Morgan fingerprint density at radius 2 is 0.528 bits per heavy atom. The van der Waals surface area contributed by atoms with Gasteiger partial charge in [0, 0.05) is 5.33 Å². The lowest BCUT2D eigenvalue weighted by Crippen LogP contribution is -2.01. The van der Waals surface area contributed by atoms with Crippen molar-refractivity contribution < 1.29 is 0 Å². The molecule has 0 aromatic rings. The monoisotopic (exact) mass is 801 g/mol. The highest BCUT2D eigenvalue weighted by molar-refractivity contribution is 9.09. The van der Waals surface area contributed by atoms with Crippen molar-refractivity contribution in [2.24, 2.45) is 5.92 Å². The Kier molecular flexibility index (Phi) is 48.9. The zero-order valence-electron chi connectivity index (χ0n) is 36.6. The number of allylic oxidation sites excluding steroid dienone is 8. The van der Waals surface area contributed by atoms with Crippen molar-refractivity contribution in [3.63, 3.8) is 0 Å². The molecule has 1 heteroatoms. The van der Waals surface area contributed by atoms with Crippen LogP contribution in [-0.2, 0) is 0 Å². The SMILES string of the molecule is CCCCC/C=C\C/C=C\CCCCCCCCC(CCCCCBr)CCCCCCCC/C=C\C/C=C\CCCCCCCCCCCCCCC. The molecule has 1 unspecified atom stereocenters. The Labute approximate surface area is 344 Å². The number of rotatable bonds is 45. The minimum Gasteiger partial charge on any atom is -0.0928 e. The molecule has 0 amide bonds. The Morgan fingerprint density at radius 3 is 0.849 bits per heavy atom. The molecule has 0 aromatic heterocycles. The molecule has 0 spiro atoms. The number of hydrogen-bond donors (Lipinski definition) is 0. The molecule has 0 radical (unpaired) electrons. The maximum absolute atomic E-state index is 3.63. The molecule has 0 aliphatic rings.